The van der Waals surface area contributed by atoms with Gasteiger partial charge in [-0.3, -0.25) is 4.79 Å². The Labute approximate surface area is 162 Å². The SMILES string of the molecule is CCOc1ccccc1NC(=O)CSc1nc(C2CC2)nc2ccccc12. The lowest BCUT2D eigenvalue weighted by Crippen LogP contribution is -2.15. The van der Waals surface area contributed by atoms with E-state index in [4.69, 9.17) is 9.72 Å². The minimum Gasteiger partial charge on any atom is -0.492 e. The number of rotatable bonds is 7. The minimum absolute atomic E-state index is 0.0807. The molecule has 1 aliphatic carbocycles. The lowest BCUT2D eigenvalue weighted by Gasteiger charge is -2.11. The molecule has 6 heteroatoms. The van der Waals surface area contributed by atoms with Crippen LogP contribution in [0.25, 0.3) is 10.9 Å². The van der Waals surface area contributed by atoms with Crippen molar-refractivity contribution in [2.45, 2.75) is 30.7 Å². The van der Waals surface area contributed by atoms with E-state index in [1.807, 2.05) is 55.5 Å². The number of para-hydroxylation sites is 3. The van der Waals surface area contributed by atoms with E-state index in [0.717, 1.165) is 34.6 Å². The zero-order valence-electron chi connectivity index (χ0n) is 15.1. The number of nitrogens with one attached hydrogen (secondary N) is 1. The lowest BCUT2D eigenvalue weighted by molar-refractivity contribution is -0.113. The van der Waals surface area contributed by atoms with Gasteiger partial charge in [0.2, 0.25) is 5.91 Å². The van der Waals surface area contributed by atoms with Gasteiger partial charge in [0.15, 0.2) is 0 Å². The lowest BCUT2D eigenvalue weighted by atomic mass is 10.2. The first kappa shape index (κ1) is 17.8. The van der Waals surface area contributed by atoms with Crippen molar-refractivity contribution in [3.63, 3.8) is 0 Å². The van der Waals surface area contributed by atoms with Crippen LogP contribution in [0.1, 0.15) is 31.5 Å². The van der Waals surface area contributed by atoms with Crippen LogP contribution in [0.4, 0.5) is 5.69 Å². The highest BCUT2D eigenvalue weighted by Crippen LogP contribution is 2.39. The molecular weight excluding hydrogens is 358 g/mol. The van der Waals surface area contributed by atoms with Crippen LogP contribution in [0.5, 0.6) is 5.75 Å². The zero-order chi connectivity index (χ0) is 18.6. The number of fused-ring (bicyclic) bond motifs is 1. The molecule has 0 radical (unpaired) electrons. The third-order valence-electron chi connectivity index (χ3n) is 4.33. The molecule has 0 atom stereocenters. The van der Waals surface area contributed by atoms with Gasteiger partial charge in [-0.2, -0.15) is 0 Å². The summed E-state index contributed by atoms with van der Waals surface area (Å²) in [7, 11) is 0. The highest BCUT2D eigenvalue weighted by atomic mass is 32.2. The summed E-state index contributed by atoms with van der Waals surface area (Å²) in [6.07, 6.45) is 2.30. The molecule has 0 aliphatic heterocycles. The summed E-state index contributed by atoms with van der Waals surface area (Å²) in [5.74, 6) is 2.26. The molecule has 27 heavy (non-hydrogen) atoms. The molecule has 3 aromatic rings. The second-order valence-corrected chi connectivity index (χ2v) is 7.41. The van der Waals surface area contributed by atoms with Crippen molar-refractivity contribution in [3.8, 4) is 5.75 Å². The highest BCUT2D eigenvalue weighted by Gasteiger charge is 2.27. The molecule has 0 unspecified atom stereocenters. The first-order valence-corrected chi connectivity index (χ1v) is 10.1. The number of hydrogen-bond donors (Lipinski definition) is 1. The van der Waals surface area contributed by atoms with Crippen molar-refractivity contribution in [2.75, 3.05) is 17.7 Å². The summed E-state index contributed by atoms with van der Waals surface area (Å²) in [5, 5.41) is 4.80. The van der Waals surface area contributed by atoms with Gasteiger partial charge in [0, 0.05) is 11.3 Å². The van der Waals surface area contributed by atoms with Crippen molar-refractivity contribution >= 4 is 34.3 Å². The van der Waals surface area contributed by atoms with Gasteiger partial charge in [0.25, 0.3) is 0 Å². The van der Waals surface area contributed by atoms with Gasteiger partial charge >= 0.3 is 0 Å². The molecule has 1 aliphatic rings. The standard InChI is InChI=1S/C21H21N3O2S/c1-2-26-18-10-6-5-9-17(18)22-19(25)13-27-21-15-7-3-4-8-16(15)23-20(24-21)14-11-12-14/h3-10,14H,2,11-13H2,1H3,(H,22,25). The number of ether oxygens (including phenoxy) is 1. The number of thioether (sulfide) groups is 1. The Balaban J connectivity index is 1.49. The second-order valence-electron chi connectivity index (χ2n) is 6.44. The average molecular weight is 379 g/mol. The van der Waals surface area contributed by atoms with Gasteiger partial charge in [-0.05, 0) is 38.0 Å². The van der Waals surface area contributed by atoms with Crippen LogP contribution in [-0.4, -0.2) is 28.2 Å². The van der Waals surface area contributed by atoms with E-state index in [0.29, 0.717) is 24.0 Å². The molecule has 4 rings (SSSR count). The quantitative estimate of drug-likeness (QED) is 0.479. The Morgan fingerprint density at radius 2 is 1.93 bits per heavy atom. The number of anilines is 1. The van der Waals surface area contributed by atoms with E-state index < -0.39 is 0 Å². The number of benzene rings is 2. The molecule has 0 bridgehead atoms. The summed E-state index contributed by atoms with van der Waals surface area (Å²) in [6.45, 7) is 2.48. The maximum absolute atomic E-state index is 12.5. The molecule has 1 heterocycles. The van der Waals surface area contributed by atoms with Gasteiger partial charge < -0.3 is 10.1 Å². The Bertz CT molecular complexity index is 973. The fraction of sp³-hybridized carbons (Fsp3) is 0.286. The Morgan fingerprint density at radius 1 is 1.15 bits per heavy atom. The van der Waals surface area contributed by atoms with Crippen LogP contribution in [0.2, 0.25) is 0 Å². The van der Waals surface area contributed by atoms with Crippen LogP contribution < -0.4 is 10.1 Å². The molecule has 0 spiro atoms. The molecule has 1 N–H and O–H groups in total. The summed E-state index contributed by atoms with van der Waals surface area (Å²) >= 11 is 1.45. The number of aromatic nitrogens is 2. The number of carbonyl (C=O) groups is 1. The van der Waals surface area contributed by atoms with E-state index >= 15 is 0 Å². The summed E-state index contributed by atoms with van der Waals surface area (Å²) in [5.41, 5.74) is 1.63. The van der Waals surface area contributed by atoms with Crippen molar-refractivity contribution in [1.82, 2.24) is 9.97 Å². The van der Waals surface area contributed by atoms with Crippen molar-refractivity contribution < 1.29 is 9.53 Å². The fourth-order valence-electron chi connectivity index (χ4n) is 2.87. The van der Waals surface area contributed by atoms with E-state index in [9.17, 15) is 4.79 Å². The molecule has 1 aromatic heterocycles. The average Bonchev–Trinajstić information content (AvgIpc) is 3.53. The van der Waals surface area contributed by atoms with Gasteiger partial charge in [0.05, 0.1) is 23.6 Å². The second kappa shape index (κ2) is 7.96. The van der Waals surface area contributed by atoms with Crippen LogP contribution in [0, 0.1) is 0 Å². The maximum Gasteiger partial charge on any atom is 0.234 e. The first-order chi connectivity index (χ1) is 13.2. The van der Waals surface area contributed by atoms with E-state index in [1.54, 1.807) is 0 Å². The Morgan fingerprint density at radius 3 is 2.74 bits per heavy atom. The molecule has 0 saturated heterocycles. The van der Waals surface area contributed by atoms with Crippen molar-refractivity contribution in [1.29, 1.82) is 0 Å². The number of hydrogen-bond acceptors (Lipinski definition) is 5. The van der Waals surface area contributed by atoms with Crippen molar-refractivity contribution in [2.24, 2.45) is 0 Å². The molecule has 5 nitrogen and oxygen atoms in total. The molecule has 2 aromatic carbocycles. The summed E-state index contributed by atoms with van der Waals surface area (Å²) < 4.78 is 5.57. The highest BCUT2D eigenvalue weighted by molar-refractivity contribution is 8.00. The minimum atomic E-state index is -0.0807. The molecule has 1 saturated carbocycles. The number of amides is 1. The topological polar surface area (TPSA) is 64.1 Å². The monoisotopic (exact) mass is 379 g/mol. The number of nitrogens with zero attached hydrogens (tertiary/aromatic N) is 2. The number of carbonyl (C=O) groups excluding carboxylic acids is 1. The smallest absolute Gasteiger partial charge is 0.234 e. The van der Waals surface area contributed by atoms with Crippen LogP contribution in [0.3, 0.4) is 0 Å². The zero-order valence-corrected chi connectivity index (χ0v) is 16.0. The van der Waals surface area contributed by atoms with Gasteiger partial charge in [-0.1, -0.05) is 42.1 Å². The predicted molar refractivity (Wildman–Crippen MR) is 108 cm³/mol. The van der Waals surface area contributed by atoms with Gasteiger partial charge in [0.1, 0.15) is 16.6 Å². The third-order valence-corrected chi connectivity index (χ3v) is 5.32. The largest absolute Gasteiger partial charge is 0.492 e. The normalized spacial score (nSPS) is 13.5. The van der Waals surface area contributed by atoms with Crippen molar-refractivity contribution in [3.05, 3.63) is 54.4 Å². The fourth-order valence-corrected chi connectivity index (χ4v) is 3.70. The molecule has 1 amide bonds. The van der Waals surface area contributed by atoms with E-state index in [2.05, 4.69) is 10.3 Å². The molecule has 1 fully saturated rings. The summed E-state index contributed by atoms with van der Waals surface area (Å²) in [6, 6.07) is 15.4. The van der Waals surface area contributed by atoms with E-state index in [1.165, 1.54) is 11.8 Å². The third kappa shape index (κ3) is 4.22. The van der Waals surface area contributed by atoms with Crippen LogP contribution in [0.15, 0.2) is 53.6 Å². The van der Waals surface area contributed by atoms with E-state index in [-0.39, 0.29) is 11.7 Å². The summed E-state index contributed by atoms with van der Waals surface area (Å²) in [4.78, 5) is 21.9. The van der Waals surface area contributed by atoms with Crippen LogP contribution >= 0.6 is 11.8 Å². The Hall–Kier alpha value is -2.60. The Kier molecular flexibility index (Phi) is 5.25. The predicted octanol–water partition coefficient (Wildman–Crippen LogP) is 4.64. The molecule has 138 valence electrons. The maximum atomic E-state index is 12.5. The van der Waals surface area contributed by atoms with Crippen LogP contribution in [-0.2, 0) is 4.79 Å². The molecular formula is C21H21N3O2S. The van der Waals surface area contributed by atoms with Gasteiger partial charge in [-0.15, -0.1) is 0 Å². The first-order valence-electron chi connectivity index (χ1n) is 9.15. The van der Waals surface area contributed by atoms with Gasteiger partial charge in [-0.25, -0.2) is 9.97 Å².